The second-order valence-corrected chi connectivity index (χ2v) is 7.39. The fraction of sp³-hybridized carbons (Fsp3) is 0.824. The van der Waals surface area contributed by atoms with E-state index in [0.29, 0.717) is 58.4 Å². The first-order chi connectivity index (χ1) is 12.0. The van der Waals surface area contributed by atoms with Crippen LogP contribution in [0.3, 0.4) is 0 Å². The van der Waals surface area contributed by atoms with Gasteiger partial charge in [0.05, 0.1) is 25.0 Å². The molecule has 0 bridgehead atoms. The van der Waals surface area contributed by atoms with E-state index in [1.54, 1.807) is 4.90 Å². The number of nitrogens with one attached hydrogen (secondary N) is 1. The van der Waals surface area contributed by atoms with Crippen molar-refractivity contribution in [3.63, 3.8) is 0 Å². The van der Waals surface area contributed by atoms with Crippen molar-refractivity contribution in [2.24, 2.45) is 17.3 Å². The van der Waals surface area contributed by atoms with Crippen molar-refractivity contribution in [3.05, 3.63) is 0 Å². The Hall–Kier alpha value is -1.83. The van der Waals surface area contributed by atoms with Crippen LogP contribution in [0.25, 0.3) is 0 Å². The number of carboxylic acid groups (broad SMARTS) is 1. The molecule has 1 saturated carbocycles. The average Bonchev–Trinajstić information content (AvgIpc) is 3.02. The number of carbonyl (C=O) groups excluding carboxylic acids is 2. The molecule has 1 aliphatic carbocycles. The van der Waals surface area contributed by atoms with Crippen molar-refractivity contribution < 1.29 is 29.0 Å². The Bertz CT molecular complexity index is 545. The van der Waals surface area contributed by atoms with Gasteiger partial charge < -0.3 is 24.8 Å². The van der Waals surface area contributed by atoms with Gasteiger partial charge in [0.1, 0.15) is 0 Å². The van der Waals surface area contributed by atoms with Gasteiger partial charge in [0.15, 0.2) is 0 Å². The quantitative estimate of drug-likeness (QED) is 0.728. The summed E-state index contributed by atoms with van der Waals surface area (Å²) < 4.78 is 10.5. The second kappa shape index (κ2) is 7.19. The number of rotatable bonds is 3. The molecule has 25 heavy (non-hydrogen) atoms. The molecule has 3 aliphatic rings. The van der Waals surface area contributed by atoms with E-state index in [-0.39, 0.29) is 29.9 Å². The zero-order valence-electron chi connectivity index (χ0n) is 14.5. The number of carboxylic acids is 1. The molecule has 8 heteroatoms. The number of carbonyl (C=O) groups is 3. The highest BCUT2D eigenvalue weighted by Gasteiger charge is 2.55. The Labute approximate surface area is 146 Å². The summed E-state index contributed by atoms with van der Waals surface area (Å²) in [5.41, 5.74) is -0.661. The lowest BCUT2D eigenvalue weighted by molar-refractivity contribution is -0.161. The van der Waals surface area contributed by atoms with Gasteiger partial charge in [-0.25, -0.2) is 4.79 Å². The molecule has 0 aromatic rings. The number of aliphatic carboxylic acids is 1. The van der Waals surface area contributed by atoms with Gasteiger partial charge in [-0.05, 0) is 32.1 Å². The molecule has 0 unspecified atom stereocenters. The van der Waals surface area contributed by atoms with Gasteiger partial charge in [-0.1, -0.05) is 0 Å². The van der Waals surface area contributed by atoms with Crippen LogP contribution in [-0.2, 0) is 19.1 Å². The molecule has 3 rings (SSSR count). The summed E-state index contributed by atoms with van der Waals surface area (Å²) in [6.45, 7) is 1.79. The average molecular weight is 354 g/mol. The normalized spacial score (nSPS) is 34.9. The molecule has 0 aromatic carbocycles. The molecule has 2 atom stereocenters. The van der Waals surface area contributed by atoms with Crippen LogP contribution in [0.2, 0.25) is 0 Å². The molecule has 2 saturated heterocycles. The number of hydrogen-bond donors (Lipinski definition) is 2. The third kappa shape index (κ3) is 3.44. The topological polar surface area (TPSA) is 105 Å². The number of urea groups is 1. The minimum Gasteiger partial charge on any atom is -0.481 e. The molecule has 2 heterocycles. The Morgan fingerprint density at radius 2 is 1.96 bits per heavy atom. The molecule has 8 nitrogen and oxygen atoms in total. The van der Waals surface area contributed by atoms with Crippen molar-refractivity contribution in [1.82, 2.24) is 10.2 Å². The highest BCUT2D eigenvalue weighted by molar-refractivity contribution is 5.81. The van der Waals surface area contributed by atoms with E-state index in [1.165, 1.54) is 7.11 Å². The summed E-state index contributed by atoms with van der Waals surface area (Å²) in [5.74, 6) is -1.36. The predicted molar refractivity (Wildman–Crippen MR) is 86.9 cm³/mol. The molecule has 0 radical (unpaired) electrons. The molecule has 0 spiro atoms. The number of hydrogen-bond acceptors (Lipinski definition) is 5. The highest BCUT2D eigenvalue weighted by atomic mass is 16.5. The maximum atomic E-state index is 12.6. The SMILES string of the molecule is COC(=O)[C@@]12CCOC[C@@H]1CN(C(=O)NC1CCC(C(=O)O)CC1)C2. The standard InChI is InChI=1S/C17H26N2O6/c1-24-15(22)17-6-7-25-9-12(17)8-19(10-17)16(23)18-13-4-2-11(3-5-13)14(20)21/h11-13H,2-10H2,1H3,(H,18,23)(H,20,21)/t11?,12-,13?,17+/m0/s1. The van der Waals surface area contributed by atoms with Crippen molar-refractivity contribution in [1.29, 1.82) is 0 Å². The predicted octanol–water partition coefficient (Wildman–Crippen LogP) is 0.851. The molecular weight excluding hydrogens is 328 g/mol. The Kier molecular flexibility index (Phi) is 5.17. The van der Waals surface area contributed by atoms with Crippen molar-refractivity contribution in [2.45, 2.75) is 38.1 Å². The van der Waals surface area contributed by atoms with Gasteiger partial charge in [-0.2, -0.15) is 0 Å². The van der Waals surface area contributed by atoms with E-state index >= 15 is 0 Å². The largest absolute Gasteiger partial charge is 0.481 e. The number of likely N-dealkylation sites (tertiary alicyclic amines) is 1. The van der Waals surface area contributed by atoms with E-state index in [1.807, 2.05) is 0 Å². The first-order valence-corrected chi connectivity index (χ1v) is 8.90. The molecular formula is C17H26N2O6. The van der Waals surface area contributed by atoms with E-state index in [0.717, 1.165) is 0 Å². The van der Waals surface area contributed by atoms with Crippen LogP contribution in [0.4, 0.5) is 4.79 Å². The maximum absolute atomic E-state index is 12.6. The van der Waals surface area contributed by atoms with Gasteiger partial charge in [0.25, 0.3) is 0 Å². The van der Waals surface area contributed by atoms with Gasteiger partial charge in [0.2, 0.25) is 0 Å². The number of ether oxygens (including phenoxy) is 2. The smallest absolute Gasteiger partial charge is 0.317 e. The molecule has 140 valence electrons. The molecule has 0 aromatic heterocycles. The van der Waals surface area contributed by atoms with Gasteiger partial charge in [-0.3, -0.25) is 9.59 Å². The third-order valence-corrected chi connectivity index (χ3v) is 5.99. The number of nitrogens with zero attached hydrogens (tertiary/aromatic N) is 1. The van der Waals surface area contributed by atoms with E-state index < -0.39 is 11.4 Å². The maximum Gasteiger partial charge on any atom is 0.317 e. The fourth-order valence-electron chi connectivity index (χ4n) is 4.39. The second-order valence-electron chi connectivity index (χ2n) is 7.39. The Morgan fingerprint density at radius 1 is 1.24 bits per heavy atom. The monoisotopic (exact) mass is 354 g/mol. The number of fused-ring (bicyclic) bond motifs is 1. The lowest BCUT2D eigenvalue weighted by Gasteiger charge is -2.35. The molecule has 2 amide bonds. The summed E-state index contributed by atoms with van der Waals surface area (Å²) in [6.07, 6.45) is 3.08. The molecule has 3 fully saturated rings. The van der Waals surface area contributed by atoms with Crippen LogP contribution in [0.5, 0.6) is 0 Å². The minimum absolute atomic E-state index is 0.00365. The van der Waals surface area contributed by atoms with Crippen LogP contribution in [0.15, 0.2) is 0 Å². The summed E-state index contributed by atoms with van der Waals surface area (Å²) in [6, 6.07) is -0.187. The zero-order chi connectivity index (χ0) is 18.0. The first-order valence-electron chi connectivity index (χ1n) is 8.90. The number of methoxy groups -OCH3 is 1. The van der Waals surface area contributed by atoms with Crippen molar-refractivity contribution in [2.75, 3.05) is 33.4 Å². The first kappa shape index (κ1) is 18.0. The fourth-order valence-corrected chi connectivity index (χ4v) is 4.39. The Balaban J connectivity index is 1.58. The summed E-state index contributed by atoms with van der Waals surface area (Å²) in [5, 5.41) is 12.1. The van der Waals surface area contributed by atoms with Crippen LogP contribution in [0.1, 0.15) is 32.1 Å². The third-order valence-electron chi connectivity index (χ3n) is 5.99. The lowest BCUT2D eigenvalue weighted by Crippen LogP contribution is -2.48. The zero-order valence-corrected chi connectivity index (χ0v) is 14.5. The summed E-state index contributed by atoms with van der Waals surface area (Å²) in [7, 11) is 1.38. The molecule has 2 aliphatic heterocycles. The van der Waals surface area contributed by atoms with Crippen LogP contribution in [0, 0.1) is 17.3 Å². The minimum atomic E-state index is -0.756. The highest BCUT2D eigenvalue weighted by Crippen LogP contribution is 2.43. The van der Waals surface area contributed by atoms with Gasteiger partial charge >= 0.3 is 18.0 Å². The van der Waals surface area contributed by atoms with Gasteiger partial charge in [0, 0.05) is 31.7 Å². The van der Waals surface area contributed by atoms with Crippen LogP contribution < -0.4 is 5.32 Å². The van der Waals surface area contributed by atoms with E-state index in [2.05, 4.69) is 5.32 Å². The van der Waals surface area contributed by atoms with Crippen LogP contribution >= 0.6 is 0 Å². The lowest BCUT2D eigenvalue weighted by atomic mass is 9.74. The van der Waals surface area contributed by atoms with E-state index in [9.17, 15) is 14.4 Å². The van der Waals surface area contributed by atoms with Crippen molar-refractivity contribution in [3.8, 4) is 0 Å². The summed E-state index contributed by atoms with van der Waals surface area (Å²) >= 11 is 0. The van der Waals surface area contributed by atoms with Gasteiger partial charge in [-0.15, -0.1) is 0 Å². The number of esters is 1. The van der Waals surface area contributed by atoms with E-state index in [4.69, 9.17) is 14.6 Å². The number of amides is 2. The molecule has 2 N–H and O–H groups in total. The Morgan fingerprint density at radius 3 is 2.60 bits per heavy atom. The van der Waals surface area contributed by atoms with Crippen LogP contribution in [-0.4, -0.2) is 67.4 Å². The summed E-state index contributed by atoms with van der Waals surface area (Å²) in [4.78, 5) is 37.7. The van der Waals surface area contributed by atoms with Crippen molar-refractivity contribution >= 4 is 18.0 Å².